The second-order valence-corrected chi connectivity index (χ2v) is 4.92. The van der Waals surface area contributed by atoms with E-state index in [1.165, 1.54) is 0 Å². The zero-order chi connectivity index (χ0) is 12.1. The van der Waals surface area contributed by atoms with Gasteiger partial charge in [0.25, 0.3) is 5.91 Å². The molecule has 18 heavy (non-hydrogen) atoms. The van der Waals surface area contributed by atoms with E-state index in [2.05, 4.69) is 17.5 Å². The number of allylic oxidation sites excluding steroid dienone is 1. The molecule has 2 aliphatic heterocycles. The Morgan fingerprint density at radius 2 is 1.89 bits per heavy atom. The number of hydrogen-bond acceptors (Lipinski definition) is 3. The lowest BCUT2D eigenvalue weighted by Gasteiger charge is -2.35. The van der Waals surface area contributed by atoms with Crippen molar-refractivity contribution in [3.05, 3.63) is 35.4 Å². The van der Waals surface area contributed by atoms with Crippen molar-refractivity contribution in [1.82, 2.24) is 5.32 Å². The third-order valence-electron chi connectivity index (χ3n) is 3.94. The SMILES string of the molecule is O=C1N[C@@H]2CC=CC[C@H]2c2cc3c(cc21)OCO3. The summed E-state index contributed by atoms with van der Waals surface area (Å²) >= 11 is 0. The van der Waals surface area contributed by atoms with E-state index in [4.69, 9.17) is 9.47 Å². The van der Waals surface area contributed by atoms with Crippen LogP contribution in [0.15, 0.2) is 24.3 Å². The standard InChI is InChI=1S/C14H13NO3/c16-14-10-6-13-12(17-7-18-13)5-9(10)8-3-1-2-4-11(8)15-14/h1-2,5-6,8,11H,3-4,7H2,(H,15,16)/t8-,11+/m0/s1. The van der Waals surface area contributed by atoms with Crippen LogP contribution in [0.1, 0.15) is 34.7 Å². The maximum absolute atomic E-state index is 12.1. The van der Waals surface area contributed by atoms with Crippen LogP contribution in [0.5, 0.6) is 11.5 Å². The predicted octanol–water partition coefficient (Wildman–Crippen LogP) is 1.96. The Bertz CT molecular complexity index is 564. The van der Waals surface area contributed by atoms with Crippen molar-refractivity contribution in [3.8, 4) is 11.5 Å². The maximum Gasteiger partial charge on any atom is 0.251 e. The van der Waals surface area contributed by atoms with E-state index in [1.54, 1.807) is 0 Å². The fraction of sp³-hybridized carbons (Fsp3) is 0.357. The van der Waals surface area contributed by atoms with Gasteiger partial charge in [0.2, 0.25) is 6.79 Å². The van der Waals surface area contributed by atoms with Crippen LogP contribution in [0.25, 0.3) is 0 Å². The van der Waals surface area contributed by atoms with E-state index in [1.807, 2.05) is 12.1 Å². The molecule has 2 atom stereocenters. The molecule has 4 heteroatoms. The number of amides is 1. The highest BCUT2D eigenvalue weighted by Crippen LogP contribution is 2.42. The minimum Gasteiger partial charge on any atom is -0.454 e. The lowest BCUT2D eigenvalue weighted by Crippen LogP contribution is -2.44. The van der Waals surface area contributed by atoms with Gasteiger partial charge in [0.15, 0.2) is 11.5 Å². The summed E-state index contributed by atoms with van der Waals surface area (Å²) in [6.45, 7) is 0.244. The molecule has 1 amide bonds. The summed E-state index contributed by atoms with van der Waals surface area (Å²) in [4.78, 5) is 12.1. The lowest BCUT2D eigenvalue weighted by atomic mass is 9.78. The van der Waals surface area contributed by atoms with Gasteiger partial charge in [0.1, 0.15) is 0 Å². The molecule has 0 radical (unpaired) electrons. The third-order valence-corrected chi connectivity index (χ3v) is 3.94. The van der Waals surface area contributed by atoms with Gasteiger partial charge >= 0.3 is 0 Å². The topological polar surface area (TPSA) is 47.6 Å². The Morgan fingerprint density at radius 1 is 1.11 bits per heavy atom. The van der Waals surface area contributed by atoms with Crippen molar-refractivity contribution >= 4 is 5.91 Å². The third kappa shape index (κ3) is 1.29. The summed E-state index contributed by atoms with van der Waals surface area (Å²) in [6.07, 6.45) is 6.20. The van der Waals surface area contributed by atoms with Crippen LogP contribution in [0.4, 0.5) is 0 Å². The average Bonchev–Trinajstić information content (AvgIpc) is 2.84. The lowest BCUT2D eigenvalue weighted by molar-refractivity contribution is 0.0913. The Hall–Kier alpha value is -1.97. The first-order valence-corrected chi connectivity index (χ1v) is 6.22. The van der Waals surface area contributed by atoms with Crippen LogP contribution < -0.4 is 14.8 Å². The number of fused-ring (bicyclic) bond motifs is 4. The van der Waals surface area contributed by atoms with E-state index in [-0.39, 0.29) is 18.7 Å². The van der Waals surface area contributed by atoms with E-state index in [0.717, 1.165) is 29.7 Å². The molecule has 0 spiro atoms. The second kappa shape index (κ2) is 3.51. The second-order valence-electron chi connectivity index (χ2n) is 4.92. The number of ether oxygens (including phenoxy) is 2. The molecule has 0 fully saturated rings. The molecule has 3 aliphatic rings. The monoisotopic (exact) mass is 243 g/mol. The van der Waals surface area contributed by atoms with Crippen LogP contribution in [0, 0.1) is 0 Å². The average molecular weight is 243 g/mol. The molecule has 1 aliphatic carbocycles. The summed E-state index contributed by atoms with van der Waals surface area (Å²) < 4.78 is 10.7. The Morgan fingerprint density at radius 3 is 2.78 bits per heavy atom. The van der Waals surface area contributed by atoms with Crippen molar-refractivity contribution in [1.29, 1.82) is 0 Å². The first-order valence-electron chi connectivity index (χ1n) is 6.22. The zero-order valence-corrected chi connectivity index (χ0v) is 9.81. The van der Waals surface area contributed by atoms with Crippen LogP contribution in [-0.2, 0) is 0 Å². The molecule has 0 aromatic heterocycles. The normalized spacial score (nSPS) is 27.4. The van der Waals surface area contributed by atoms with Crippen LogP contribution in [-0.4, -0.2) is 18.7 Å². The Balaban J connectivity index is 1.88. The number of carbonyl (C=O) groups is 1. The highest BCUT2D eigenvalue weighted by atomic mass is 16.7. The van der Waals surface area contributed by atoms with Gasteiger partial charge in [-0.2, -0.15) is 0 Å². The molecule has 0 unspecified atom stereocenters. The fourth-order valence-electron chi connectivity index (χ4n) is 3.02. The quantitative estimate of drug-likeness (QED) is 0.708. The van der Waals surface area contributed by atoms with Crippen molar-refractivity contribution in [2.75, 3.05) is 6.79 Å². The smallest absolute Gasteiger partial charge is 0.251 e. The molecule has 1 aromatic carbocycles. The highest BCUT2D eigenvalue weighted by Gasteiger charge is 2.35. The molecule has 4 rings (SSSR count). The molecule has 92 valence electrons. The van der Waals surface area contributed by atoms with Crippen LogP contribution in [0.3, 0.4) is 0 Å². The number of carbonyl (C=O) groups excluding carboxylic acids is 1. The summed E-state index contributed by atoms with van der Waals surface area (Å²) in [7, 11) is 0. The van der Waals surface area contributed by atoms with Gasteiger partial charge in [-0.1, -0.05) is 12.2 Å². The first-order chi connectivity index (χ1) is 8.83. The number of hydrogen-bond donors (Lipinski definition) is 1. The van der Waals surface area contributed by atoms with Gasteiger partial charge in [-0.25, -0.2) is 0 Å². The van der Waals surface area contributed by atoms with E-state index >= 15 is 0 Å². The van der Waals surface area contributed by atoms with Gasteiger partial charge in [-0.15, -0.1) is 0 Å². The van der Waals surface area contributed by atoms with Gasteiger partial charge in [0, 0.05) is 17.5 Å². The van der Waals surface area contributed by atoms with Gasteiger partial charge < -0.3 is 14.8 Å². The summed E-state index contributed by atoms with van der Waals surface area (Å²) in [5.41, 5.74) is 1.83. The molecule has 0 saturated heterocycles. The molecular formula is C14H13NO3. The van der Waals surface area contributed by atoms with Gasteiger partial charge in [-0.05, 0) is 30.5 Å². The van der Waals surface area contributed by atoms with Crippen LogP contribution >= 0.6 is 0 Å². The van der Waals surface area contributed by atoms with Crippen LogP contribution in [0.2, 0.25) is 0 Å². The van der Waals surface area contributed by atoms with Gasteiger partial charge in [-0.3, -0.25) is 4.79 Å². The molecule has 0 bridgehead atoms. The zero-order valence-electron chi connectivity index (χ0n) is 9.81. The Kier molecular flexibility index (Phi) is 1.95. The summed E-state index contributed by atoms with van der Waals surface area (Å²) in [5, 5.41) is 3.08. The number of nitrogens with one attached hydrogen (secondary N) is 1. The largest absolute Gasteiger partial charge is 0.454 e. The predicted molar refractivity (Wildman–Crippen MR) is 64.9 cm³/mol. The number of rotatable bonds is 0. The van der Waals surface area contributed by atoms with Crippen molar-refractivity contribution in [2.24, 2.45) is 0 Å². The van der Waals surface area contributed by atoms with Crippen molar-refractivity contribution in [3.63, 3.8) is 0 Å². The van der Waals surface area contributed by atoms with Crippen molar-refractivity contribution < 1.29 is 14.3 Å². The Labute approximate surface area is 105 Å². The molecule has 2 heterocycles. The summed E-state index contributed by atoms with van der Waals surface area (Å²) in [6, 6.07) is 4.00. The first kappa shape index (κ1) is 10.00. The van der Waals surface area contributed by atoms with Gasteiger partial charge in [0.05, 0.1) is 0 Å². The molecule has 4 nitrogen and oxygen atoms in total. The number of benzene rings is 1. The molecular weight excluding hydrogens is 230 g/mol. The van der Waals surface area contributed by atoms with E-state index in [0.29, 0.717) is 11.7 Å². The molecule has 1 aromatic rings. The van der Waals surface area contributed by atoms with Crippen molar-refractivity contribution in [2.45, 2.75) is 24.8 Å². The molecule has 0 saturated carbocycles. The molecule has 1 N–H and O–H groups in total. The van der Waals surface area contributed by atoms with E-state index < -0.39 is 0 Å². The highest BCUT2D eigenvalue weighted by molar-refractivity contribution is 5.98. The minimum absolute atomic E-state index is 0.000139. The fourth-order valence-corrected chi connectivity index (χ4v) is 3.02. The van der Waals surface area contributed by atoms with E-state index in [9.17, 15) is 4.79 Å². The summed E-state index contributed by atoms with van der Waals surface area (Å²) in [5.74, 6) is 1.79. The minimum atomic E-state index is -0.000139. The maximum atomic E-state index is 12.1.